The number of hydrogen-bond donors (Lipinski definition) is 0. The molecule has 0 aliphatic carbocycles. The fourth-order valence-corrected chi connectivity index (χ4v) is 5.64. The Morgan fingerprint density at radius 1 is 1.06 bits per heavy atom. The molecule has 1 fully saturated rings. The van der Waals surface area contributed by atoms with E-state index in [9.17, 15) is 15.3 Å². The lowest BCUT2D eigenvalue weighted by Crippen LogP contribution is -2.44. The molecule has 2 aliphatic rings. The molecule has 4 nitrogen and oxygen atoms in total. The summed E-state index contributed by atoms with van der Waals surface area (Å²) in [6.45, 7) is 1.98. The van der Waals surface area contributed by atoms with Crippen LogP contribution in [0.1, 0.15) is 33.0 Å². The highest BCUT2D eigenvalue weighted by Crippen LogP contribution is 2.55. The average molecular weight is 422 g/mol. The van der Waals surface area contributed by atoms with E-state index in [0.29, 0.717) is 5.56 Å². The zero-order chi connectivity index (χ0) is 21.6. The molecule has 31 heavy (non-hydrogen) atoms. The van der Waals surface area contributed by atoms with Gasteiger partial charge in [-0.1, -0.05) is 60.2 Å². The molecule has 0 unspecified atom stereocenters. The number of nitrogens with zero attached hydrogens (tertiary/aromatic N) is 3. The van der Waals surface area contributed by atoms with Gasteiger partial charge in [0.05, 0.1) is 18.2 Å². The maximum Gasteiger partial charge on any atom is 0.185 e. The molecule has 1 saturated heterocycles. The Hall–Kier alpha value is -3.67. The van der Waals surface area contributed by atoms with Crippen molar-refractivity contribution in [1.82, 2.24) is 0 Å². The minimum atomic E-state index is -1.38. The van der Waals surface area contributed by atoms with Crippen LogP contribution in [0.5, 0.6) is 0 Å². The molecule has 0 spiro atoms. The first kappa shape index (κ1) is 19.3. The molecule has 0 amide bonds. The third-order valence-corrected chi connectivity index (χ3v) is 7.12. The van der Waals surface area contributed by atoms with Gasteiger partial charge in [0, 0.05) is 17.2 Å². The normalized spacial score (nSPS) is 22.8. The van der Waals surface area contributed by atoms with Gasteiger partial charge in [0.1, 0.15) is 6.04 Å². The van der Waals surface area contributed by atoms with Gasteiger partial charge < -0.3 is 4.90 Å². The van der Waals surface area contributed by atoms with Gasteiger partial charge >= 0.3 is 0 Å². The van der Waals surface area contributed by atoms with E-state index in [1.807, 2.05) is 89.3 Å². The summed E-state index contributed by atoms with van der Waals surface area (Å²) >= 11 is 1.51. The zero-order valence-electron chi connectivity index (χ0n) is 16.9. The molecule has 0 bridgehead atoms. The van der Waals surface area contributed by atoms with Crippen LogP contribution in [-0.2, 0) is 0 Å². The van der Waals surface area contributed by atoms with Crippen LogP contribution in [0.15, 0.2) is 71.4 Å². The number of carbonyl (C=O) groups excluding carboxylic acids is 1. The van der Waals surface area contributed by atoms with Gasteiger partial charge in [0.2, 0.25) is 0 Å². The molecular weight excluding hydrogens is 402 g/mol. The molecule has 1 aromatic heterocycles. The fourth-order valence-electron chi connectivity index (χ4n) is 4.95. The maximum absolute atomic E-state index is 14.0. The van der Waals surface area contributed by atoms with Crippen molar-refractivity contribution >= 4 is 28.9 Å². The molecular formula is C26H19N3OS. The molecule has 0 radical (unpaired) electrons. The topological polar surface area (TPSA) is 67.9 Å². The lowest BCUT2D eigenvalue weighted by atomic mass is 9.69. The van der Waals surface area contributed by atoms with Crippen molar-refractivity contribution in [2.24, 2.45) is 5.41 Å². The number of rotatable bonds is 3. The Labute approximate surface area is 185 Å². The number of carbonyl (C=O) groups is 1. The van der Waals surface area contributed by atoms with Crippen LogP contribution in [-0.4, -0.2) is 17.9 Å². The van der Waals surface area contributed by atoms with Crippen LogP contribution >= 0.6 is 11.3 Å². The van der Waals surface area contributed by atoms with Crippen molar-refractivity contribution < 1.29 is 4.79 Å². The maximum atomic E-state index is 14.0. The average Bonchev–Trinajstić information content (AvgIpc) is 3.43. The van der Waals surface area contributed by atoms with Gasteiger partial charge in [-0.2, -0.15) is 21.9 Å². The fraction of sp³-hybridized carbons (Fsp3) is 0.192. The van der Waals surface area contributed by atoms with Gasteiger partial charge in [-0.25, -0.2) is 0 Å². The second kappa shape index (κ2) is 7.23. The third kappa shape index (κ3) is 2.75. The largest absolute Gasteiger partial charge is 0.351 e. The summed E-state index contributed by atoms with van der Waals surface area (Å²) in [5.74, 6) is -0.637. The van der Waals surface area contributed by atoms with E-state index in [2.05, 4.69) is 12.1 Å². The quantitative estimate of drug-likeness (QED) is 0.535. The monoisotopic (exact) mass is 421 g/mol. The minimum Gasteiger partial charge on any atom is -0.351 e. The number of aryl methyl sites for hydroxylation is 1. The van der Waals surface area contributed by atoms with Crippen molar-refractivity contribution in [3.8, 4) is 12.1 Å². The predicted molar refractivity (Wildman–Crippen MR) is 122 cm³/mol. The molecule has 0 N–H and O–H groups in total. The number of anilines is 1. The number of benzene rings is 2. The molecule has 3 atom stereocenters. The van der Waals surface area contributed by atoms with E-state index in [4.69, 9.17) is 0 Å². The van der Waals surface area contributed by atoms with E-state index >= 15 is 0 Å². The van der Waals surface area contributed by atoms with Crippen molar-refractivity contribution in [2.75, 3.05) is 4.90 Å². The Morgan fingerprint density at radius 3 is 2.48 bits per heavy atom. The second-order valence-corrected chi connectivity index (χ2v) is 8.85. The summed E-state index contributed by atoms with van der Waals surface area (Å²) in [4.78, 5) is 16.0. The highest BCUT2D eigenvalue weighted by atomic mass is 32.1. The predicted octanol–water partition coefficient (Wildman–Crippen LogP) is 5.34. The Balaban J connectivity index is 1.77. The van der Waals surface area contributed by atoms with Crippen molar-refractivity contribution in [3.05, 3.63) is 93.7 Å². The summed E-state index contributed by atoms with van der Waals surface area (Å²) in [6, 6.07) is 20.8. The first-order valence-electron chi connectivity index (χ1n) is 10.1. The first-order chi connectivity index (χ1) is 15.1. The second-order valence-electron chi connectivity index (χ2n) is 8.07. The van der Waals surface area contributed by atoms with Crippen LogP contribution in [0, 0.1) is 35.0 Å². The van der Waals surface area contributed by atoms with Crippen molar-refractivity contribution in [3.63, 3.8) is 0 Å². The summed E-state index contributed by atoms with van der Waals surface area (Å²) < 4.78 is 0. The molecule has 2 aromatic carbocycles. The van der Waals surface area contributed by atoms with Crippen LogP contribution < -0.4 is 4.90 Å². The molecule has 5 rings (SSSR count). The van der Waals surface area contributed by atoms with Gasteiger partial charge in [-0.05, 0) is 40.9 Å². The summed E-state index contributed by atoms with van der Waals surface area (Å²) in [6.07, 6.45) is 3.87. The Morgan fingerprint density at radius 2 is 1.81 bits per heavy atom. The number of nitriles is 2. The lowest BCUT2D eigenvalue weighted by Gasteiger charge is -2.35. The highest BCUT2D eigenvalue weighted by molar-refractivity contribution is 7.08. The number of thiophene rings is 1. The molecule has 3 aromatic rings. The van der Waals surface area contributed by atoms with Gasteiger partial charge in [-0.3, -0.25) is 4.79 Å². The van der Waals surface area contributed by atoms with Gasteiger partial charge in [-0.15, -0.1) is 0 Å². The first-order valence-corrected chi connectivity index (χ1v) is 11.1. The molecule has 2 aliphatic heterocycles. The summed E-state index contributed by atoms with van der Waals surface area (Å²) in [5, 5.41) is 24.6. The molecule has 0 saturated carbocycles. The lowest BCUT2D eigenvalue weighted by molar-refractivity contribution is 0.0951. The van der Waals surface area contributed by atoms with E-state index in [-0.39, 0.29) is 5.78 Å². The summed E-state index contributed by atoms with van der Waals surface area (Å²) in [7, 11) is 0. The van der Waals surface area contributed by atoms with Crippen molar-refractivity contribution in [1.29, 1.82) is 10.5 Å². The van der Waals surface area contributed by atoms with Gasteiger partial charge in [0.15, 0.2) is 11.2 Å². The van der Waals surface area contributed by atoms with E-state index in [0.717, 1.165) is 22.4 Å². The van der Waals surface area contributed by atoms with Gasteiger partial charge in [0.25, 0.3) is 0 Å². The smallest absolute Gasteiger partial charge is 0.185 e. The third-order valence-electron chi connectivity index (χ3n) is 6.42. The molecule has 5 heteroatoms. The van der Waals surface area contributed by atoms with Crippen molar-refractivity contribution in [2.45, 2.75) is 24.9 Å². The number of ketones is 1. The van der Waals surface area contributed by atoms with E-state index in [1.165, 1.54) is 11.3 Å². The highest BCUT2D eigenvalue weighted by Gasteiger charge is 2.63. The number of fused-ring (bicyclic) bond motifs is 3. The molecule has 3 heterocycles. The zero-order valence-corrected chi connectivity index (χ0v) is 17.7. The number of Topliss-reactive ketones (excluding diaryl/α,β-unsaturated/α-hetero) is 1. The van der Waals surface area contributed by atoms with Crippen LogP contribution in [0.3, 0.4) is 0 Å². The van der Waals surface area contributed by atoms with Crippen LogP contribution in [0.4, 0.5) is 5.69 Å². The SMILES string of the molecule is Cc1ccc(C(=O)[C@@H]2[C@H](c3ccsc3)C(C#N)(C#N)[C@@H]3C=Cc4ccccc4N23)cc1. The summed E-state index contributed by atoms with van der Waals surface area (Å²) in [5.41, 5.74) is 3.01. The molecule has 150 valence electrons. The Bertz CT molecular complexity index is 1250. The van der Waals surface area contributed by atoms with E-state index in [1.54, 1.807) is 0 Å². The van der Waals surface area contributed by atoms with E-state index < -0.39 is 23.4 Å². The van der Waals surface area contributed by atoms with Crippen LogP contribution in [0.2, 0.25) is 0 Å². The number of hydrogen-bond acceptors (Lipinski definition) is 5. The van der Waals surface area contributed by atoms with Crippen LogP contribution in [0.25, 0.3) is 6.08 Å². The number of para-hydroxylation sites is 1. The standard InChI is InChI=1S/C26H19N3OS/c1-17-6-8-19(9-7-17)25(30)24-23(20-12-13-31-14-20)26(15-27,16-28)22-11-10-18-4-2-3-5-21(18)29(22)24/h2-14,22-24H,1H3/t22-,23-,24-/m0/s1. The Kier molecular flexibility index (Phi) is 4.50. The minimum absolute atomic E-state index is 0.0707.